The first-order valence-electron chi connectivity index (χ1n) is 9.86. The highest BCUT2D eigenvalue weighted by Gasteiger charge is 2.43. The molecule has 1 aromatic heterocycles. The lowest BCUT2D eigenvalue weighted by atomic mass is 10.1. The van der Waals surface area contributed by atoms with Crippen LogP contribution in [0.4, 0.5) is 0 Å². The number of para-hydroxylation sites is 1. The Morgan fingerprint density at radius 1 is 1.07 bits per heavy atom. The molecule has 2 saturated heterocycles. The zero-order valence-corrected chi connectivity index (χ0v) is 16.1. The highest BCUT2D eigenvalue weighted by molar-refractivity contribution is 5.98. The number of carbonyl (C=O) groups is 2. The molecule has 1 aromatic carbocycles. The standard InChI is InChI=1S/C22H25N3O3/c1-16-19(10-7-11-23-16)21(26)25-15-18(28-17-8-3-2-4-9-17)14-20(25)22(27)24-12-5-6-13-24/h2-4,7-11,18,20H,5-6,12-15H2,1H3/t18-,20-/m0/s1. The molecule has 0 radical (unpaired) electrons. The summed E-state index contributed by atoms with van der Waals surface area (Å²) in [5.74, 6) is 0.639. The fraction of sp³-hybridized carbons (Fsp3) is 0.409. The van der Waals surface area contributed by atoms with Gasteiger partial charge in [-0.25, -0.2) is 0 Å². The van der Waals surface area contributed by atoms with E-state index < -0.39 is 6.04 Å². The van der Waals surface area contributed by atoms with Gasteiger partial charge >= 0.3 is 0 Å². The minimum atomic E-state index is -0.487. The van der Waals surface area contributed by atoms with Crippen molar-refractivity contribution in [3.8, 4) is 5.75 Å². The number of carbonyl (C=O) groups excluding carboxylic acids is 2. The second-order valence-corrected chi connectivity index (χ2v) is 7.43. The molecule has 0 unspecified atom stereocenters. The molecule has 3 heterocycles. The summed E-state index contributed by atoms with van der Waals surface area (Å²) in [7, 11) is 0. The molecule has 0 aliphatic carbocycles. The minimum absolute atomic E-state index is 0.0338. The third-order valence-electron chi connectivity index (χ3n) is 5.51. The Kier molecular flexibility index (Phi) is 5.28. The lowest BCUT2D eigenvalue weighted by molar-refractivity contribution is -0.134. The van der Waals surface area contributed by atoms with Crippen molar-refractivity contribution in [1.82, 2.24) is 14.8 Å². The molecule has 2 fully saturated rings. The van der Waals surface area contributed by atoms with E-state index in [9.17, 15) is 9.59 Å². The smallest absolute Gasteiger partial charge is 0.256 e. The summed E-state index contributed by atoms with van der Waals surface area (Å²) in [4.78, 5) is 34.2. The van der Waals surface area contributed by atoms with Crippen LogP contribution in [0.2, 0.25) is 0 Å². The Labute approximate surface area is 165 Å². The quantitative estimate of drug-likeness (QED) is 0.819. The first-order chi connectivity index (χ1) is 13.6. The summed E-state index contributed by atoms with van der Waals surface area (Å²) >= 11 is 0. The van der Waals surface area contributed by atoms with E-state index in [4.69, 9.17) is 4.74 Å². The summed E-state index contributed by atoms with van der Waals surface area (Å²) in [5.41, 5.74) is 1.22. The van der Waals surface area contributed by atoms with Crippen molar-refractivity contribution in [3.63, 3.8) is 0 Å². The molecule has 0 spiro atoms. The molecule has 0 saturated carbocycles. The normalized spacial score (nSPS) is 21.8. The Morgan fingerprint density at radius 2 is 1.82 bits per heavy atom. The number of aryl methyl sites for hydroxylation is 1. The van der Waals surface area contributed by atoms with E-state index in [-0.39, 0.29) is 17.9 Å². The van der Waals surface area contributed by atoms with E-state index in [0.717, 1.165) is 31.7 Å². The maximum absolute atomic E-state index is 13.3. The molecular formula is C22H25N3O3. The zero-order chi connectivity index (χ0) is 19.5. The van der Waals surface area contributed by atoms with Crippen LogP contribution in [0.15, 0.2) is 48.7 Å². The van der Waals surface area contributed by atoms with Crippen LogP contribution in [0.1, 0.15) is 35.3 Å². The maximum atomic E-state index is 13.3. The van der Waals surface area contributed by atoms with Gasteiger partial charge in [0.1, 0.15) is 17.9 Å². The lowest BCUT2D eigenvalue weighted by Crippen LogP contribution is -2.47. The van der Waals surface area contributed by atoms with Crippen LogP contribution in [0.25, 0.3) is 0 Å². The fourth-order valence-electron chi connectivity index (χ4n) is 4.05. The molecule has 0 bridgehead atoms. The number of hydrogen-bond donors (Lipinski definition) is 0. The van der Waals surface area contributed by atoms with E-state index in [1.165, 1.54) is 0 Å². The molecule has 2 aromatic rings. The van der Waals surface area contributed by atoms with E-state index >= 15 is 0 Å². The molecule has 6 heteroatoms. The summed E-state index contributed by atoms with van der Waals surface area (Å²) in [5, 5.41) is 0. The van der Waals surface area contributed by atoms with E-state index in [1.54, 1.807) is 23.2 Å². The monoisotopic (exact) mass is 379 g/mol. The summed E-state index contributed by atoms with van der Waals surface area (Å²) < 4.78 is 6.08. The second kappa shape index (κ2) is 8.00. The number of pyridine rings is 1. The van der Waals surface area contributed by atoms with Crippen molar-refractivity contribution in [1.29, 1.82) is 0 Å². The van der Waals surface area contributed by atoms with Crippen LogP contribution in [-0.4, -0.2) is 58.4 Å². The van der Waals surface area contributed by atoms with Crippen LogP contribution in [0.5, 0.6) is 5.75 Å². The second-order valence-electron chi connectivity index (χ2n) is 7.43. The highest BCUT2D eigenvalue weighted by Crippen LogP contribution is 2.27. The summed E-state index contributed by atoms with van der Waals surface area (Å²) in [6.45, 7) is 3.76. The van der Waals surface area contributed by atoms with Crippen molar-refractivity contribution in [2.45, 2.75) is 38.3 Å². The molecule has 2 aliphatic heterocycles. The molecule has 2 amide bonds. The Bertz CT molecular complexity index is 849. The van der Waals surface area contributed by atoms with Crippen LogP contribution in [-0.2, 0) is 4.79 Å². The molecule has 0 N–H and O–H groups in total. The van der Waals surface area contributed by atoms with E-state index in [1.807, 2.05) is 42.2 Å². The first kappa shape index (κ1) is 18.5. The number of rotatable bonds is 4. The molecule has 28 heavy (non-hydrogen) atoms. The van der Waals surface area contributed by atoms with Crippen LogP contribution in [0.3, 0.4) is 0 Å². The number of nitrogens with zero attached hydrogens (tertiary/aromatic N) is 3. The number of benzene rings is 1. The van der Waals surface area contributed by atoms with Gasteiger partial charge in [0.2, 0.25) is 5.91 Å². The van der Waals surface area contributed by atoms with Crippen molar-refractivity contribution in [2.75, 3.05) is 19.6 Å². The molecule has 6 nitrogen and oxygen atoms in total. The average Bonchev–Trinajstić information content (AvgIpc) is 3.38. The zero-order valence-electron chi connectivity index (χ0n) is 16.1. The van der Waals surface area contributed by atoms with Crippen LogP contribution >= 0.6 is 0 Å². The van der Waals surface area contributed by atoms with Crippen molar-refractivity contribution in [2.24, 2.45) is 0 Å². The van der Waals surface area contributed by atoms with Gasteiger partial charge in [0, 0.05) is 31.4 Å². The number of aromatic nitrogens is 1. The topological polar surface area (TPSA) is 62.7 Å². The van der Waals surface area contributed by atoms with Gasteiger partial charge in [0.25, 0.3) is 5.91 Å². The van der Waals surface area contributed by atoms with Crippen molar-refractivity contribution in [3.05, 3.63) is 59.9 Å². The molecular weight excluding hydrogens is 354 g/mol. The van der Waals surface area contributed by atoms with Gasteiger partial charge in [-0.15, -0.1) is 0 Å². The van der Waals surface area contributed by atoms with Gasteiger partial charge in [0.05, 0.1) is 12.1 Å². The molecule has 4 rings (SSSR count). The largest absolute Gasteiger partial charge is 0.488 e. The fourth-order valence-corrected chi connectivity index (χ4v) is 4.05. The third-order valence-corrected chi connectivity index (χ3v) is 5.51. The molecule has 2 aliphatic rings. The average molecular weight is 379 g/mol. The molecule has 146 valence electrons. The summed E-state index contributed by atoms with van der Waals surface area (Å²) in [6, 6.07) is 12.6. The molecule has 2 atom stereocenters. The Balaban J connectivity index is 1.57. The van der Waals surface area contributed by atoms with Crippen molar-refractivity contribution < 1.29 is 14.3 Å². The van der Waals surface area contributed by atoms with E-state index in [2.05, 4.69) is 4.98 Å². The predicted molar refractivity (Wildman–Crippen MR) is 105 cm³/mol. The van der Waals surface area contributed by atoms with Gasteiger partial charge in [-0.3, -0.25) is 14.6 Å². The lowest BCUT2D eigenvalue weighted by Gasteiger charge is -2.27. The van der Waals surface area contributed by atoms with Gasteiger partial charge in [-0.2, -0.15) is 0 Å². The Morgan fingerprint density at radius 3 is 2.54 bits per heavy atom. The Hall–Kier alpha value is -2.89. The number of ether oxygens (including phenoxy) is 1. The summed E-state index contributed by atoms with van der Waals surface area (Å²) in [6.07, 6.45) is 4.02. The van der Waals surface area contributed by atoms with Gasteiger partial charge in [-0.1, -0.05) is 18.2 Å². The van der Waals surface area contributed by atoms with Crippen LogP contribution in [0, 0.1) is 6.92 Å². The number of likely N-dealkylation sites (tertiary alicyclic amines) is 2. The SMILES string of the molecule is Cc1ncccc1C(=O)N1C[C@@H](Oc2ccccc2)C[C@H]1C(=O)N1CCCC1. The minimum Gasteiger partial charge on any atom is -0.488 e. The predicted octanol–water partition coefficient (Wildman–Crippen LogP) is 2.67. The van der Waals surface area contributed by atoms with Crippen LogP contribution < -0.4 is 4.74 Å². The van der Waals surface area contributed by atoms with Gasteiger partial charge in [-0.05, 0) is 44.0 Å². The van der Waals surface area contributed by atoms with Gasteiger partial charge < -0.3 is 14.5 Å². The maximum Gasteiger partial charge on any atom is 0.256 e. The number of amides is 2. The number of hydrogen-bond acceptors (Lipinski definition) is 4. The third kappa shape index (κ3) is 3.72. The van der Waals surface area contributed by atoms with E-state index in [0.29, 0.717) is 24.2 Å². The van der Waals surface area contributed by atoms with Crippen molar-refractivity contribution >= 4 is 11.8 Å². The first-order valence-corrected chi connectivity index (χ1v) is 9.86. The highest BCUT2D eigenvalue weighted by atomic mass is 16.5. The van der Waals surface area contributed by atoms with Gasteiger partial charge in [0.15, 0.2) is 0 Å².